The van der Waals surface area contributed by atoms with Crippen molar-refractivity contribution < 1.29 is 18.0 Å². The van der Waals surface area contributed by atoms with Crippen LogP contribution in [0.1, 0.15) is 61.7 Å². The number of aromatic nitrogens is 5. The number of alkyl halides is 2. The summed E-state index contributed by atoms with van der Waals surface area (Å²) in [7, 11) is 0. The number of halogens is 2. The molecule has 0 bridgehead atoms. The second-order valence-electron chi connectivity index (χ2n) is 8.91. The average molecular weight is 455 g/mol. The largest absolute Gasteiger partial charge is 0.414 e. The maximum absolute atomic E-state index is 12.8. The van der Waals surface area contributed by atoms with E-state index >= 15 is 0 Å². The van der Waals surface area contributed by atoms with Gasteiger partial charge >= 0.3 is 6.43 Å². The Kier molecular flexibility index (Phi) is 5.06. The number of nitrogens with zero attached hydrogens (tertiary/aromatic N) is 6. The molecule has 1 N–H and O–H groups in total. The van der Waals surface area contributed by atoms with E-state index in [1.165, 1.54) is 6.33 Å². The number of fused-ring (bicyclic) bond motifs is 1. The number of carbonyl (C=O) groups excluding carboxylic acids is 1. The fourth-order valence-electron chi connectivity index (χ4n) is 4.53. The predicted molar refractivity (Wildman–Crippen MR) is 115 cm³/mol. The smallest absolute Gasteiger partial charge is 0.314 e. The minimum atomic E-state index is -2.82. The minimum Gasteiger partial charge on any atom is -0.414 e. The number of pyridine rings is 1. The number of nitrogens with one attached hydrogen (secondary N) is 1. The zero-order valence-electron chi connectivity index (χ0n) is 18.5. The second kappa shape index (κ2) is 7.82. The molecule has 0 unspecified atom stereocenters. The van der Waals surface area contributed by atoms with Crippen molar-refractivity contribution in [2.45, 2.75) is 51.4 Å². The first-order valence-corrected chi connectivity index (χ1v) is 10.8. The van der Waals surface area contributed by atoms with Gasteiger partial charge < -0.3 is 14.6 Å². The molecular formula is C22H23F2N7O2. The molecule has 11 heteroatoms. The molecule has 172 valence electrons. The van der Waals surface area contributed by atoms with Crippen LogP contribution in [0.3, 0.4) is 0 Å². The minimum absolute atomic E-state index is 0.0140. The fraction of sp³-hybridized carbons (Fsp3) is 0.455. The van der Waals surface area contributed by atoms with Gasteiger partial charge in [-0.1, -0.05) is 6.07 Å². The zero-order valence-corrected chi connectivity index (χ0v) is 18.5. The van der Waals surface area contributed by atoms with Gasteiger partial charge in [-0.05, 0) is 45.2 Å². The summed E-state index contributed by atoms with van der Waals surface area (Å²) in [6.07, 6.45) is 0.308. The normalized spacial score (nSPS) is 18.0. The van der Waals surface area contributed by atoms with Gasteiger partial charge in [0.25, 0.3) is 11.8 Å². The lowest BCUT2D eigenvalue weighted by molar-refractivity contribution is -0.119. The van der Waals surface area contributed by atoms with Crippen LogP contribution < -0.4 is 10.2 Å². The maximum atomic E-state index is 12.8. The van der Waals surface area contributed by atoms with Crippen molar-refractivity contribution in [2.75, 3.05) is 23.3 Å². The van der Waals surface area contributed by atoms with Crippen molar-refractivity contribution in [1.29, 1.82) is 0 Å². The van der Waals surface area contributed by atoms with Crippen molar-refractivity contribution in [3.8, 4) is 11.6 Å². The SMILES string of the molecule is Cc1ccc(-c2nnc(C(F)F)o2)nc1C1CCN(c2ncnc3c2C(C)(C)C(=O)N3)CC1. The monoisotopic (exact) mass is 455 g/mol. The molecule has 1 fully saturated rings. The van der Waals surface area contributed by atoms with Crippen LogP contribution in [0.15, 0.2) is 22.9 Å². The Bertz CT molecular complexity index is 1220. The Morgan fingerprint density at radius 1 is 1.18 bits per heavy atom. The highest BCUT2D eigenvalue weighted by atomic mass is 19.3. The molecule has 1 amide bonds. The summed E-state index contributed by atoms with van der Waals surface area (Å²) in [5, 5.41) is 9.95. The Labute approximate surface area is 188 Å². The third-order valence-electron chi connectivity index (χ3n) is 6.42. The molecule has 2 aliphatic heterocycles. The number of anilines is 2. The highest BCUT2D eigenvalue weighted by Crippen LogP contribution is 2.42. The van der Waals surface area contributed by atoms with E-state index in [1.54, 1.807) is 6.07 Å². The van der Waals surface area contributed by atoms with Gasteiger partial charge in [0.1, 0.15) is 23.7 Å². The van der Waals surface area contributed by atoms with Gasteiger partial charge in [0.2, 0.25) is 5.91 Å². The van der Waals surface area contributed by atoms with Gasteiger partial charge in [0, 0.05) is 24.7 Å². The van der Waals surface area contributed by atoms with E-state index in [0.717, 1.165) is 48.6 Å². The first kappa shape index (κ1) is 21.4. The van der Waals surface area contributed by atoms with Crippen LogP contribution in [0.25, 0.3) is 11.6 Å². The molecule has 5 rings (SSSR count). The first-order valence-electron chi connectivity index (χ1n) is 10.8. The summed E-state index contributed by atoms with van der Waals surface area (Å²) in [6.45, 7) is 7.21. The number of amides is 1. The topological polar surface area (TPSA) is 110 Å². The van der Waals surface area contributed by atoms with Gasteiger partial charge in [-0.15, -0.1) is 10.2 Å². The fourth-order valence-corrected chi connectivity index (χ4v) is 4.53. The van der Waals surface area contributed by atoms with Gasteiger partial charge in [-0.2, -0.15) is 8.78 Å². The molecule has 9 nitrogen and oxygen atoms in total. The lowest BCUT2D eigenvalue weighted by Gasteiger charge is -2.35. The van der Waals surface area contributed by atoms with Crippen molar-refractivity contribution in [1.82, 2.24) is 25.1 Å². The van der Waals surface area contributed by atoms with E-state index < -0.39 is 17.7 Å². The molecular weight excluding hydrogens is 432 g/mol. The molecule has 0 spiro atoms. The first-order chi connectivity index (χ1) is 15.8. The lowest BCUT2D eigenvalue weighted by atomic mass is 9.86. The standard InChI is InChI=1S/C22H23F2N7O2/c1-11-4-5-13(19-29-30-20(33-19)16(23)24)27-15(11)12-6-8-31(9-7-12)18-14-17(25-10-26-18)28-21(32)22(14,2)3/h4-5,10,12,16H,6-9H2,1-3H3,(H,25,26,28,32). The summed E-state index contributed by atoms with van der Waals surface area (Å²) in [4.78, 5) is 28.0. The molecule has 1 saturated heterocycles. The number of rotatable bonds is 4. The molecule has 5 heterocycles. The molecule has 3 aromatic heterocycles. The van der Waals surface area contributed by atoms with Crippen LogP contribution in [0.4, 0.5) is 20.4 Å². The summed E-state index contributed by atoms with van der Waals surface area (Å²) >= 11 is 0. The molecule has 0 saturated carbocycles. The second-order valence-corrected chi connectivity index (χ2v) is 8.91. The highest BCUT2D eigenvalue weighted by Gasteiger charge is 2.43. The number of carbonyl (C=O) groups is 1. The van der Waals surface area contributed by atoms with Crippen LogP contribution in [0, 0.1) is 6.92 Å². The Morgan fingerprint density at radius 2 is 1.94 bits per heavy atom. The van der Waals surface area contributed by atoms with E-state index in [4.69, 9.17) is 4.42 Å². The van der Waals surface area contributed by atoms with Crippen LogP contribution in [-0.4, -0.2) is 44.1 Å². The Hall–Kier alpha value is -3.50. The molecule has 3 aromatic rings. The highest BCUT2D eigenvalue weighted by molar-refractivity contribution is 6.06. The number of aryl methyl sites for hydroxylation is 1. The van der Waals surface area contributed by atoms with Crippen LogP contribution in [0.2, 0.25) is 0 Å². The van der Waals surface area contributed by atoms with E-state index in [2.05, 4.69) is 35.4 Å². The quantitative estimate of drug-likeness (QED) is 0.633. The van der Waals surface area contributed by atoms with E-state index in [0.29, 0.717) is 11.5 Å². The summed E-state index contributed by atoms with van der Waals surface area (Å²) in [5.74, 6) is 0.731. The van der Waals surface area contributed by atoms with E-state index in [-0.39, 0.29) is 17.7 Å². The van der Waals surface area contributed by atoms with Crippen LogP contribution >= 0.6 is 0 Å². The zero-order chi connectivity index (χ0) is 23.3. The van der Waals surface area contributed by atoms with Crippen LogP contribution in [0.5, 0.6) is 0 Å². The summed E-state index contributed by atoms with van der Waals surface area (Å²) in [6, 6.07) is 3.60. The van der Waals surface area contributed by atoms with Gasteiger partial charge in [0.15, 0.2) is 0 Å². The van der Waals surface area contributed by atoms with Gasteiger partial charge in [-0.3, -0.25) is 4.79 Å². The molecule has 0 aromatic carbocycles. The third kappa shape index (κ3) is 3.61. The van der Waals surface area contributed by atoms with E-state index in [9.17, 15) is 13.6 Å². The van der Waals surface area contributed by atoms with Crippen molar-refractivity contribution in [2.24, 2.45) is 0 Å². The molecule has 0 aliphatic carbocycles. The van der Waals surface area contributed by atoms with Crippen molar-refractivity contribution in [3.63, 3.8) is 0 Å². The summed E-state index contributed by atoms with van der Waals surface area (Å²) in [5.41, 5.74) is 2.43. The number of piperidine rings is 1. The molecule has 2 aliphatic rings. The molecule has 33 heavy (non-hydrogen) atoms. The van der Waals surface area contributed by atoms with E-state index in [1.807, 2.05) is 26.8 Å². The lowest BCUT2D eigenvalue weighted by Crippen LogP contribution is -2.36. The number of hydrogen-bond donors (Lipinski definition) is 1. The predicted octanol–water partition coefficient (Wildman–Crippen LogP) is 3.78. The molecule has 0 atom stereocenters. The third-order valence-corrected chi connectivity index (χ3v) is 6.42. The van der Waals surface area contributed by atoms with Gasteiger partial charge in [-0.25, -0.2) is 15.0 Å². The average Bonchev–Trinajstić information content (AvgIpc) is 3.38. The Balaban J connectivity index is 1.37. The van der Waals surface area contributed by atoms with Crippen molar-refractivity contribution >= 4 is 17.5 Å². The summed E-state index contributed by atoms with van der Waals surface area (Å²) < 4.78 is 30.7. The van der Waals surface area contributed by atoms with Gasteiger partial charge in [0.05, 0.1) is 11.0 Å². The number of hydrogen-bond acceptors (Lipinski definition) is 8. The Morgan fingerprint density at radius 3 is 2.64 bits per heavy atom. The van der Waals surface area contributed by atoms with Crippen LogP contribution in [-0.2, 0) is 10.2 Å². The van der Waals surface area contributed by atoms with Crippen molar-refractivity contribution in [3.05, 3.63) is 41.2 Å². The maximum Gasteiger partial charge on any atom is 0.314 e. The molecule has 0 radical (unpaired) electrons.